The molecule has 3 N–H and O–H groups in total. The molecule has 0 bridgehead atoms. The van der Waals surface area contributed by atoms with Crippen LogP contribution in [0.15, 0.2) is 30.5 Å². The fourth-order valence-corrected chi connectivity index (χ4v) is 3.26. The number of thiazole rings is 1. The summed E-state index contributed by atoms with van der Waals surface area (Å²) in [7, 11) is 0. The molecule has 1 aromatic carbocycles. The Labute approximate surface area is 115 Å². The molecule has 0 amide bonds. The van der Waals surface area contributed by atoms with Crippen LogP contribution in [0.2, 0.25) is 0 Å². The van der Waals surface area contributed by atoms with Crippen LogP contribution in [-0.4, -0.2) is 23.3 Å². The molecule has 1 fully saturated rings. The predicted octanol–water partition coefficient (Wildman–Crippen LogP) is 2.39. The number of aliphatic hydroxyl groups is 1. The number of nitrogens with two attached hydrogens (primary N) is 1. The molecule has 5 heteroatoms. The molecule has 1 aliphatic heterocycles. The Balaban J connectivity index is 1.88. The van der Waals surface area contributed by atoms with Gasteiger partial charge < -0.3 is 15.6 Å². The first-order chi connectivity index (χ1) is 9.17. The Kier molecular flexibility index (Phi) is 3.26. The molecular formula is C14H16N2O2S. The molecule has 100 valence electrons. The van der Waals surface area contributed by atoms with E-state index in [0.717, 1.165) is 21.1 Å². The van der Waals surface area contributed by atoms with Gasteiger partial charge in [0.1, 0.15) is 10.6 Å². The zero-order valence-corrected chi connectivity index (χ0v) is 11.3. The lowest BCUT2D eigenvalue weighted by Crippen LogP contribution is -2.33. The third-order valence-electron chi connectivity index (χ3n) is 3.42. The smallest absolute Gasteiger partial charge is 0.125 e. The van der Waals surface area contributed by atoms with E-state index in [4.69, 9.17) is 10.5 Å². The minimum absolute atomic E-state index is 0.591. The van der Waals surface area contributed by atoms with Crippen LogP contribution in [0.5, 0.6) is 0 Å². The number of benzene rings is 1. The lowest BCUT2D eigenvalue weighted by atomic mass is 9.95. The molecular weight excluding hydrogens is 260 g/mol. The summed E-state index contributed by atoms with van der Waals surface area (Å²) in [5, 5.41) is 11.4. The van der Waals surface area contributed by atoms with Crippen molar-refractivity contribution < 1.29 is 9.84 Å². The molecule has 0 spiro atoms. The van der Waals surface area contributed by atoms with Gasteiger partial charge in [-0.15, -0.1) is 11.3 Å². The normalized spacial score (nSPS) is 18.4. The highest BCUT2D eigenvalue weighted by atomic mass is 32.1. The second kappa shape index (κ2) is 4.92. The van der Waals surface area contributed by atoms with Crippen LogP contribution < -0.4 is 5.73 Å². The monoisotopic (exact) mass is 276 g/mol. The summed E-state index contributed by atoms with van der Waals surface area (Å²) in [6.45, 7) is 1.18. The zero-order chi connectivity index (χ0) is 13.3. The van der Waals surface area contributed by atoms with Gasteiger partial charge >= 0.3 is 0 Å². The minimum atomic E-state index is -0.824. The van der Waals surface area contributed by atoms with Gasteiger partial charge in [-0.3, -0.25) is 0 Å². The van der Waals surface area contributed by atoms with Gasteiger partial charge in [0.2, 0.25) is 0 Å². The van der Waals surface area contributed by atoms with E-state index in [1.165, 1.54) is 11.3 Å². The van der Waals surface area contributed by atoms with Crippen molar-refractivity contribution in [3.63, 3.8) is 0 Å². The summed E-state index contributed by atoms with van der Waals surface area (Å²) in [6, 6.07) is 7.69. The van der Waals surface area contributed by atoms with Gasteiger partial charge in [-0.05, 0) is 17.7 Å². The number of ether oxygens (including phenoxy) is 1. The molecule has 0 saturated carbocycles. The second-order valence-corrected chi connectivity index (χ2v) is 5.83. The van der Waals surface area contributed by atoms with Crippen LogP contribution in [0.3, 0.4) is 0 Å². The van der Waals surface area contributed by atoms with Crippen LogP contribution >= 0.6 is 11.3 Å². The molecule has 1 aliphatic rings. The molecule has 0 unspecified atom stereocenters. The number of nitrogens with zero attached hydrogens (tertiary/aromatic N) is 1. The largest absolute Gasteiger partial charge is 0.399 e. The van der Waals surface area contributed by atoms with E-state index in [9.17, 15) is 5.11 Å². The van der Waals surface area contributed by atoms with Crippen molar-refractivity contribution in [1.82, 2.24) is 4.98 Å². The maximum atomic E-state index is 10.6. The number of hydrogen-bond acceptors (Lipinski definition) is 5. The number of anilines is 1. The van der Waals surface area contributed by atoms with E-state index in [1.807, 2.05) is 30.5 Å². The van der Waals surface area contributed by atoms with Gasteiger partial charge in [0.05, 0.1) is 4.88 Å². The number of rotatable bonds is 2. The summed E-state index contributed by atoms with van der Waals surface area (Å²) in [5.41, 5.74) is 6.68. The summed E-state index contributed by atoms with van der Waals surface area (Å²) >= 11 is 1.54. The highest BCUT2D eigenvalue weighted by Crippen LogP contribution is 2.37. The molecule has 0 radical (unpaired) electrons. The highest BCUT2D eigenvalue weighted by molar-refractivity contribution is 7.15. The van der Waals surface area contributed by atoms with Crippen LogP contribution in [-0.2, 0) is 10.3 Å². The van der Waals surface area contributed by atoms with Crippen molar-refractivity contribution in [2.24, 2.45) is 0 Å². The van der Waals surface area contributed by atoms with Gasteiger partial charge in [0.25, 0.3) is 0 Å². The van der Waals surface area contributed by atoms with E-state index in [1.54, 1.807) is 0 Å². The van der Waals surface area contributed by atoms with Crippen molar-refractivity contribution in [2.45, 2.75) is 18.4 Å². The molecule has 3 rings (SSSR count). The van der Waals surface area contributed by atoms with Crippen molar-refractivity contribution in [3.05, 3.63) is 35.5 Å². The summed E-state index contributed by atoms with van der Waals surface area (Å²) in [4.78, 5) is 5.44. The first-order valence-corrected chi connectivity index (χ1v) is 7.11. The maximum Gasteiger partial charge on any atom is 0.125 e. The zero-order valence-electron chi connectivity index (χ0n) is 10.5. The molecule has 2 heterocycles. The summed E-state index contributed by atoms with van der Waals surface area (Å²) in [6.07, 6.45) is 3.04. The SMILES string of the molecule is Nc1ccc(-c2cnc(C3(O)CCOCC3)s2)cc1. The molecule has 1 saturated heterocycles. The fourth-order valence-electron chi connectivity index (χ4n) is 2.19. The van der Waals surface area contributed by atoms with Crippen LogP contribution in [0.1, 0.15) is 17.8 Å². The highest BCUT2D eigenvalue weighted by Gasteiger charge is 2.34. The van der Waals surface area contributed by atoms with Gasteiger partial charge in [0, 0.05) is 37.9 Å². The number of hydrogen-bond donors (Lipinski definition) is 2. The van der Waals surface area contributed by atoms with E-state index >= 15 is 0 Å². The van der Waals surface area contributed by atoms with E-state index < -0.39 is 5.60 Å². The predicted molar refractivity (Wildman–Crippen MR) is 75.9 cm³/mol. The molecule has 2 aromatic rings. The number of aromatic nitrogens is 1. The Morgan fingerprint density at radius 3 is 2.58 bits per heavy atom. The van der Waals surface area contributed by atoms with Gasteiger partial charge in [-0.2, -0.15) is 0 Å². The van der Waals surface area contributed by atoms with Crippen LogP contribution in [0.4, 0.5) is 5.69 Å². The third kappa shape index (κ3) is 2.49. The molecule has 4 nitrogen and oxygen atoms in total. The molecule has 0 aliphatic carbocycles. The van der Waals surface area contributed by atoms with Crippen LogP contribution in [0, 0.1) is 0 Å². The standard InChI is InChI=1S/C14H16N2O2S/c15-11-3-1-10(2-4-11)12-9-16-13(19-12)14(17)5-7-18-8-6-14/h1-4,9,17H,5-8,15H2. The first-order valence-electron chi connectivity index (χ1n) is 6.30. The van der Waals surface area contributed by atoms with Gasteiger partial charge in [-0.25, -0.2) is 4.98 Å². The van der Waals surface area contributed by atoms with E-state index in [2.05, 4.69) is 4.98 Å². The summed E-state index contributed by atoms with van der Waals surface area (Å²) < 4.78 is 5.29. The average Bonchev–Trinajstić information content (AvgIpc) is 2.91. The molecule has 0 atom stereocenters. The van der Waals surface area contributed by atoms with Crippen molar-refractivity contribution in [2.75, 3.05) is 18.9 Å². The second-order valence-electron chi connectivity index (χ2n) is 4.80. The lowest BCUT2D eigenvalue weighted by molar-refractivity contribution is -0.0679. The summed E-state index contributed by atoms with van der Waals surface area (Å²) in [5.74, 6) is 0. The number of nitrogen functional groups attached to an aromatic ring is 1. The van der Waals surface area contributed by atoms with Crippen LogP contribution in [0.25, 0.3) is 10.4 Å². The topological polar surface area (TPSA) is 68.4 Å². The van der Waals surface area contributed by atoms with E-state index in [0.29, 0.717) is 26.1 Å². The Morgan fingerprint density at radius 1 is 1.21 bits per heavy atom. The minimum Gasteiger partial charge on any atom is -0.399 e. The molecule has 19 heavy (non-hydrogen) atoms. The van der Waals surface area contributed by atoms with Crippen molar-refractivity contribution in [3.8, 4) is 10.4 Å². The quantitative estimate of drug-likeness (QED) is 0.826. The Bertz CT molecular complexity index is 559. The van der Waals surface area contributed by atoms with Gasteiger partial charge in [0.15, 0.2) is 0 Å². The average molecular weight is 276 g/mol. The van der Waals surface area contributed by atoms with Crippen molar-refractivity contribution in [1.29, 1.82) is 0 Å². The Hall–Kier alpha value is -1.43. The first kappa shape index (κ1) is 12.6. The maximum absolute atomic E-state index is 10.6. The fraction of sp³-hybridized carbons (Fsp3) is 0.357. The van der Waals surface area contributed by atoms with E-state index in [-0.39, 0.29) is 0 Å². The lowest BCUT2D eigenvalue weighted by Gasteiger charge is -2.29. The Morgan fingerprint density at radius 2 is 1.89 bits per heavy atom. The molecule has 1 aromatic heterocycles. The third-order valence-corrected chi connectivity index (χ3v) is 4.66. The van der Waals surface area contributed by atoms with Crippen molar-refractivity contribution >= 4 is 17.0 Å². The van der Waals surface area contributed by atoms with Gasteiger partial charge in [-0.1, -0.05) is 12.1 Å².